The molecule has 0 atom stereocenters. The third-order valence-electron chi connectivity index (χ3n) is 3.67. The number of anilines is 2. The summed E-state index contributed by atoms with van der Waals surface area (Å²) in [6.45, 7) is 1.38. The minimum atomic E-state index is 0.0843. The van der Waals surface area contributed by atoms with Crippen molar-refractivity contribution < 1.29 is 9.59 Å². The molecule has 2 amide bonds. The first-order valence-corrected chi connectivity index (χ1v) is 6.95. The smallest absolute Gasteiger partial charge is 0.227 e. The molecule has 0 aliphatic carbocycles. The first-order chi connectivity index (χ1) is 9.18. The van der Waals surface area contributed by atoms with E-state index in [0.717, 1.165) is 18.5 Å². The number of rotatable bonds is 2. The number of hydrogen-bond donors (Lipinski definition) is 0. The Kier molecular flexibility index (Phi) is 3.19. The summed E-state index contributed by atoms with van der Waals surface area (Å²) in [5.74, 6) is 0.191. The largest absolute Gasteiger partial charge is 0.310 e. The van der Waals surface area contributed by atoms with Gasteiger partial charge in [-0.25, -0.2) is 0 Å². The lowest BCUT2D eigenvalue weighted by Crippen LogP contribution is -2.30. The number of carbonyl (C=O) groups excluding carboxylic acids is 2. The molecule has 2 aliphatic rings. The van der Waals surface area contributed by atoms with Crippen LogP contribution < -0.4 is 9.80 Å². The van der Waals surface area contributed by atoms with Crippen molar-refractivity contribution in [1.29, 1.82) is 0 Å². The third kappa shape index (κ3) is 2.10. The van der Waals surface area contributed by atoms with E-state index in [9.17, 15) is 9.59 Å². The number of para-hydroxylation sites is 1. The Labute approximate surface area is 116 Å². The van der Waals surface area contributed by atoms with E-state index < -0.39 is 0 Å². The molecule has 1 aromatic carbocycles. The van der Waals surface area contributed by atoms with Crippen molar-refractivity contribution in [1.82, 2.24) is 0 Å². The fraction of sp³-hybridized carbons (Fsp3) is 0.429. The predicted octanol–water partition coefficient (Wildman–Crippen LogP) is 2.59. The molecule has 0 N–H and O–H groups in total. The fourth-order valence-electron chi connectivity index (χ4n) is 2.78. The molecule has 0 bridgehead atoms. The van der Waals surface area contributed by atoms with Crippen molar-refractivity contribution in [2.75, 3.05) is 22.9 Å². The number of nitrogens with zero attached hydrogens (tertiary/aromatic N) is 2. The summed E-state index contributed by atoms with van der Waals surface area (Å²) in [6, 6.07) is 5.47. The zero-order valence-corrected chi connectivity index (χ0v) is 11.3. The maximum atomic E-state index is 11.9. The van der Waals surface area contributed by atoms with E-state index in [0.29, 0.717) is 36.6 Å². The van der Waals surface area contributed by atoms with Crippen LogP contribution in [0.5, 0.6) is 0 Å². The summed E-state index contributed by atoms with van der Waals surface area (Å²) >= 11 is 6.27. The molecule has 3 rings (SSSR count). The van der Waals surface area contributed by atoms with Crippen LogP contribution in [-0.4, -0.2) is 24.9 Å². The Bertz CT molecular complexity index is 544. The maximum Gasteiger partial charge on any atom is 0.227 e. The van der Waals surface area contributed by atoms with Crippen LogP contribution >= 0.6 is 11.6 Å². The van der Waals surface area contributed by atoms with Crippen LogP contribution in [0.2, 0.25) is 5.02 Å². The summed E-state index contributed by atoms with van der Waals surface area (Å²) in [7, 11) is 0. The van der Waals surface area contributed by atoms with Gasteiger partial charge >= 0.3 is 0 Å². The minimum absolute atomic E-state index is 0.0843. The van der Waals surface area contributed by atoms with Crippen molar-refractivity contribution in [2.24, 2.45) is 0 Å². The summed E-state index contributed by atoms with van der Waals surface area (Å²) in [6.07, 6.45) is 2.83. The molecule has 0 aromatic heterocycles. The second-order valence-corrected chi connectivity index (χ2v) is 5.31. The Morgan fingerprint density at radius 2 is 1.58 bits per heavy atom. The van der Waals surface area contributed by atoms with Crippen LogP contribution in [0.1, 0.15) is 25.7 Å². The molecule has 0 spiro atoms. The zero-order chi connectivity index (χ0) is 13.4. The van der Waals surface area contributed by atoms with Crippen LogP contribution in [0, 0.1) is 0 Å². The summed E-state index contributed by atoms with van der Waals surface area (Å²) in [5.41, 5.74) is 1.46. The molecule has 4 nitrogen and oxygen atoms in total. The molecule has 2 saturated heterocycles. The van der Waals surface area contributed by atoms with E-state index in [1.54, 1.807) is 15.9 Å². The highest BCUT2D eigenvalue weighted by atomic mass is 35.5. The van der Waals surface area contributed by atoms with Gasteiger partial charge in [-0.3, -0.25) is 9.59 Å². The Morgan fingerprint density at radius 1 is 0.947 bits per heavy atom. The van der Waals surface area contributed by atoms with E-state index in [2.05, 4.69) is 0 Å². The van der Waals surface area contributed by atoms with Crippen molar-refractivity contribution in [3.63, 3.8) is 0 Å². The molecule has 0 radical (unpaired) electrons. The summed E-state index contributed by atoms with van der Waals surface area (Å²) < 4.78 is 0. The normalized spacial score (nSPS) is 19.6. The first kappa shape index (κ1) is 12.5. The van der Waals surface area contributed by atoms with Crippen molar-refractivity contribution in [3.05, 3.63) is 23.2 Å². The highest BCUT2D eigenvalue weighted by Gasteiger charge is 2.30. The van der Waals surface area contributed by atoms with Crippen LogP contribution in [-0.2, 0) is 9.59 Å². The summed E-state index contributed by atoms with van der Waals surface area (Å²) in [4.78, 5) is 27.3. The van der Waals surface area contributed by atoms with Gasteiger partial charge in [0.05, 0.1) is 16.4 Å². The molecule has 2 heterocycles. The van der Waals surface area contributed by atoms with E-state index in [1.807, 2.05) is 12.1 Å². The van der Waals surface area contributed by atoms with Crippen LogP contribution in [0.25, 0.3) is 0 Å². The first-order valence-electron chi connectivity index (χ1n) is 6.58. The second-order valence-electron chi connectivity index (χ2n) is 4.91. The molecular formula is C14H15ClN2O2. The SMILES string of the molecule is O=C1CCCN1c1cccc(Cl)c1N1CCCC1=O. The van der Waals surface area contributed by atoms with Crippen LogP contribution in [0.3, 0.4) is 0 Å². The number of amides is 2. The molecule has 0 saturated carbocycles. The van der Waals surface area contributed by atoms with Gasteiger partial charge in [0.25, 0.3) is 0 Å². The van der Waals surface area contributed by atoms with E-state index in [-0.39, 0.29) is 11.8 Å². The number of halogens is 1. The fourth-order valence-corrected chi connectivity index (χ4v) is 3.05. The van der Waals surface area contributed by atoms with Gasteiger partial charge in [-0.2, -0.15) is 0 Å². The Hall–Kier alpha value is -1.55. The lowest BCUT2D eigenvalue weighted by molar-refractivity contribution is -0.118. The lowest BCUT2D eigenvalue weighted by Gasteiger charge is -2.26. The van der Waals surface area contributed by atoms with E-state index >= 15 is 0 Å². The molecule has 2 aliphatic heterocycles. The molecule has 0 unspecified atom stereocenters. The van der Waals surface area contributed by atoms with E-state index in [1.165, 1.54) is 0 Å². The average molecular weight is 279 g/mol. The molecular weight excluding hydrogens is 264 g/mol. The lowest BCUT2D eigenvalue weighted by atomic mass is 10.2. The van der Waals surface area contributed by atoms with Crippen molar-refractivity contribution in [3.8, 4) is 0 Å². The predicted molar refractivity (Wildman–Crippen MR) is 74.6 cm³/mol. The van der Waals surface area contributed by atoms with Gasteiger partial charge in [0, 0.05) is 25.9 Å². The van der Waals surface area contributed by atoms with Gasteiger partial charge in [-0.05, 0) is 25.0 Å². The van der Waals surface area contributed by atoms with Gasteiger partial charge in [-0.1, -0.05) is 17.7 Å². The quantitative estimate of drug-likeness (QED) is 0.834. The average Bonchev–Trinajstić information content (AvgIpc) is 2.98. The van der Waals surface area contributed by atoms with Crippen molar-refractivity contribution >= 4 is 34.8 Å². The number of carbonyl (C=O) groups is 2. The third-order valence-corrected chi connectivity index (χ3v) is 3.98. The number of benzene rings is 1. The number of hydrogen-bond acceptors (Lipinski definition) is 2. The van der Waals surface area contributed by atoms with Gasteiger partial charge in [0.15, 0.2) is 0 Å². The monoisotopic (exact) mass is 278 g/mol. The minimum Gasteiger partial charge on any atom is -0.310 e. The van der Waals surface area contributed by atoms with Crippen LogP contribution in [0.15, 0.2) is 18.2 Å². The molecule has 1 aromatic rings. The van der Waals surface area contributed by atoms with Gasteiger partial charge < -0.3 is 9.80 Å². The Morgan fingerprint density at radius 3 is 2.16 bits per heavy atom. The molecule has 2 fully saturated rings. The highest BCUT2D eigenvalue weighted by Crippen LogP contribution is 2.39. The standard InChI is InChI=1S/C14H15ClN2O2/c15-10-4-1-5-11(16-8-2-6-12(16)18)14(10)17-9-3-7-13(17)19/h1,4-5H,2-3,6-9H2. The molecule has 100 valence electrons. The van der Waals surface area contributed by atoms with Gasteiger partial charge in [-0.15, -0.1) is 0 Å². The molecule has 19 heavy (non-hydrogen) atoms. The highest BCUT2D eigenvalue weighted by molar-refractivity contribution is 6.35. The zero-order valence-electron chi connectivity index (χ0n) is 10.6. The van der Waals surface area contributed by atoms with Gasteiger partial charge in [0.2, 0.25) is 11.8 Å². The second kappa shape index (κ2) is 4.85. The molecule has 5 heteroatoms. The maximum absolute atomic E-state index is 11.9. The van der Waals surface area contributed by atoms with Crippen LogP contribution in [0.4, 0.5) is 11.4 Å². The van der Waals surface area contributed by atoms with Crippen molar-refractivity contribution in [2.45, 2.75) is 25.7 Å². The summed E-state index contributed by atoms with van der Waals surface area (Å²) in [5, 5.41) is 0.535. The Balaban J connectivity index is 2.07. The van der Waals surface area contributed by atoms with Gasteiger partial charge in [0.1, 0.15) is 0 Å². The topological polar surface area (TPSA) is 40.6 Å². The van der Waals surface area contributed by atoms with E-state index in [4.69, 9.17) is 11.6 Å².